The Morgan fingerprint density at radius 2 is 1.92 bits per heavy atom. The average molecular weight is 351 g/mol. The molecule has 2 heterocycles. The van der Waals surface area contributed by atoms with Crippen molar-refractivity contribution in [2.45, 2.75) is 24.8 Å². The fourth-order valence-corrected chi connectivity index (χ4v) is 3.11. The molecular formula is C17H21NO7. The highest BCUT2D eigenvalue weighted by Crippen LogP contribution is 2.40. The summed E-state index contributed by atoms with van der Waals surface area (Å²) in [6.07, 6.45) is 0.753. The highest BCUT2D eigenvalue weighted by atomic mass is 16.6. The van der Waals surface area contributed by atoms with Crippen molar-refractivity contribution in [2.24, 2.45) is 0 Å². The Bertz CT molecular complexity index is 650. The number of hydrogen-bond acceptors (Lipinski definition) is 6. The lowest BCUT2D eigenvalue weighted by atomic mass is 9.86. The van der Waals surface area contributed by atoms with Gasteiger partial charge >= 0.3 is 5.97 Å². The first kappa shape index (κ1) is 17.3. The molecule has 25 heavy (non-hydrogen) atoms. The van der Waals surface area contributed by atoms with Crippen molar-refractivity contribution in [3.05, 3.63) is 17.7 Å². The topological polar surface area (TPSA) is 103 Å². The molecule has 8 heteroatoms. The summed E-state index contributed by atoms with van der Waals surface area (Å²) in [5.41, 5.74) is -0.487. The van der Waals surface area contributed by atoms with Crippen molar-refractivity contribution >= 4 is 11.9 Å². The number of hydrogen-bond donors (Lipinski definition) is 2. The molecule has 0 saturated carbocycles. The van der Waals surface area contributed by atoms with Crippen LogP contribution in [0.4, 0.5) is 0 Å². The van der Waals surface area contributed by atoms with Crippen LogP contribution in [0.1, 0.15) is 29.6 Å². The minimum atomic E-state index is -0.957. The summed E-state index contributed by atoms with van der Waals surface area (Å²) in [4.78, 5) is 24.0. The van der Waals surface area contributed by atoms with E-state index in [2.05, 4.69) is 5.32 Å². The maximum absolute atomic E-state index is 12.8. The lowest BCUT2D eigenvalue weighted by molar-refractivity contribution is -0.139. The monoisotopic (exact) mass is 351 g/mol. The van der Waals surface area contributed by atoms with Gasteiger partial charge in [-0.05, 0) is 25.0 Å². The van der Waals surface area contributed by atoms with E-state index < -0.39 is 11.5 Å². The molecule has 136 valence electrons. The Balaban J connectivity index is 1.85. The van der Waals surface area contributed by atoms with Gasteiger partial charge in [0, 0.05) is 18.8 Å². The Hall–Kier alpha value is -2.48. The Kier molecular flexibility index (Phi) is 4.98. The molecule has 2 aliphatic heterocycles. The van der Waals surface area contributed by atoms with Gasteiger partial charge in [-0.15, -0.1) is 0 Å². The van der Waals surface area contributed by atoms with Crippen molar-refractivity contribution < 1.29 is 33.6 Å². The number of methoxy groups -OCH3 is 1. The summed E-state index contributed by atoms with van der Waals surface area (Å²) in [7, 11) is 1.49. The van der Waals surface area contributed by atoms with E-state index in [-0.39, 0.29) is 12.3 Å². The molecule has 0 aromatic heterocycles. The first-order valence-electron chi connectivity index (χ1n) is 8.13. The number of nitrogens with one attached hydrogen (secondary N) is 1. The summed E-state index contributed by atoms with van der Waals surface area (Å²) in [5.74, 6) is -0.0198. The number of amides is 1. The third-order valence-corrected chi connectivity index (χ3v) is 4.41. The second-order valence-corrected chi connectivity index (χ2v) is 6.12. The molecule has 2 N–H and O–H groups in total. The average Bonchev–Trinajstić information content (AvgIpc) is 2.60. The van der Waals surface area contributed by atoms with Crippen LogP contribution in [0.3, 0.4) is 0 Å². The van der Waals surface area contributed by atoms with Crippen LogP contribution in [-0.4, -0.2) is 56.1 Å². The van der Waals surface area contributed by atoms with Crippen LogP contribution >= 0.6 is 0 Å². The molecule has 0 radical (unpaired) electrons. The second kappa shape index (κ2) is 7.18. The number of ether oxygens (including phenoxy) is 4. The smallest absolute Gasteiger partial charge is 0.305 e. The van der Waals surface area contributed by atoms with Gasteiger partial charge in [-0.1, -0.05) is 0 Å². The fourth-order valence-electron chi connectivity index (χ4n) is 3.11. The van der Waals surface area contributed by atoms with Gasteiger partial charge in [-0.2, -0.15) is 0 Å². The minimum absolute atomic E-state index is 0.149. The molecule has 1 aromatic rings. The molecule has 1 aromatic carbocycles. The number of carboxylic acids is 1. The molecule has 0 bridgehead atoms. The molecule has 2 aliphatic rings. The second-order valence-electron chi connectivity index (χ2n) is 6.12. The lowest BCUT2D eigenvalue weighted by Gasteiger charge is -2.37. The van der Waals surface area contributed by atoms with Crippen molar-refractivity contribution in [1.29, 1.82) is 0 Å². The number of carboxylic acid groups (broad SMARTS) is 1. The van der Waals surface area contributed by atoms with Crippen LogP contribution < -0.4 is 19.5 Å². The third-order valence-electron chi connectivity index (χ3n) is 4.41. The van der Waals surface area contributed by atoms with E-state index in [1.54, 1.807) is 12.1 Å². The van der Waals surface area contributed by atoms with Crippen LogP contribution in [0.5, 0.6) is 17.2 Å². The van der Waals surface area contributed by atoms with Gasteiger partial charge in [0.2, 0.25) is 5.75 Å². The first-order valence-corrected chi connectivity index (χ1v) is 8.13. The zero-order valence-corrected chi connectivity index (χ0v) is 14.0. The summed E-state index contributed by atoms with van der Waals surface area (Å²) < 4.78 is 21.7. The number of carbonyl (C=O) groups is 2. The van der Waals surface area contributed by atoms with Gasteiger partial charge in [0.1, 0.15) is 13.2 Å². The quantitative estimate of drug-likeness (QED) is 0.822. The van der Waals surface area contributed by atoms with Gasteiger partial charge in [0.25, 0.3) is 5.91 Å². The Labute approximate surface area is 145 Å². The molecule has 0 atom stereocenters. The van der Waals surface area contributed by atoms with Gasteiger partial charge in [-0.3, -0.25) is 9.59 Å². The highest BCUT2D eigenvalue weighted by Gasteiger charge is 2.37. The lowest BCUT2D eigenvalue weighted by Crippen LogP contribution is -2.53. The first-order chi connectivity index (χ1) is 12.0. The molecule has 1 amide bonds. The largest absolute Gasteiger partial charge is 0.493 e. The zero-order valence-electron chi connectivity index (χ0n) is 14.0. The Morgan fingerprint density at radius 3 is 2.60 bits per heavy atom. The summed E-state index contributed by atoms with van der Waals surface area (Å²) >= 11 is 0. The van der Waals surface area contributed by atoms with Crippen LogP contribution in [0.2, 0.25) is 0 Å². The van der Waals surface area contributed by atoms with Crippen molar-refractivity contribution in [3.63, 3.8) is 0 Å². The van der Waals surface area contributed by atoms with E-state index in [0.717, 1.165) is 0 Å². The molecule has 3 rings (SSSR count). The van der Waals surface area contributed by atoms with E-state index in [1.165, 1.54) is 7.11 Å². The molecule has 1 saturated heterocycles. The van der Waals surface area contributed by atoms with Crippen LogP contribution in [0, 0.1) is 0 Å². The van der Waals surface area contributed by atoms with E-state index in [4.69, 9.17) is 18.9 Å². The van der Waals surface area contributed by atoms with E-state index in [0.29, 0.717) is 62.1 Å². The van der Waals surface area contributed by atoms with Crippen LogP contribution in [-0.2, 0) is 9.53 Å². The summed E-state index contributed by atoms with van der Waals surface area (Å²) in [6.45, 7) is 1.63. The SMILES string of the molecule is COc1cc(C(=O)NC2(CC(=O)O)CCOCC2)cc2c1OCCO2. The van der Waals surface area contributed by atoms with Gasteiger partial charge in [-0.25, -0.2) is 0 Å². The van der Waals surface area contributed by atoms with E-state index in [1.807, 2.05) is 0 Å². The highest BCUT2D eigenvalue weighted by molar-refractivity contribution is 5.96. The number of benzene rings is 1. The normalized spacial score (nSPS) is 18.3. The van der Waals surface area contributed by atoms with Crippen molar-refractivity contribution in [1.82, 2.24) is 5.32 Å². The maximum Gasteiger partial charge on any atom is 0.305 e. The van der Waals surface area contributed by atoms with Crippen LogP contribution in [0.15, 0.2) is 12.1 Å². The molecule has 8 nitrogen and oxygen atoms in total. The van der Waals surface area contributed by atoms with Crippen molar-refractivity contribution in [3.8, 4) is 17.2 Å². The molecular weight excluding hydrogens is 330 g/mol. The van der Waals surface area contributed by atoms with Gasteiger partial charge < -0.3 is 29.4 Å². The molecule has 0 aliphatic carbocycles. The fraction of sp³-hybridized carbons (Fsp3) is 0.529. The van der Waals surface area contributed by atoms with E-state index in [9.17, 15) is 14.7 Å². The number of carbonyl (C=O) groups excluding carboxylic acids is 1. The molecule has 0 spiro atoms. The summed E-state index contributed by atoms with van der Waals surface area (Å²) in [5, 5.41) is 12.1. The number of aliphatic carboxylic acids is 1. The number of rotatable bonds is 5. The van der Waals surface area contributed by atoms with Crippen LogP contribution in [0.25, 0.3) is 0 Å². The number of fused-ring (bicyclic) bond motifs is 1. The summed E-state index contributed by atoms with van der Waals surface area (Å²) in [6, 6.07) is 3.15. The molecule has 1 fully saturated rings. The van der Waals surface area contributed by atoms with Crippen molar-refractivity contribution in [2.75, 3.05) is 33.5 Å². The minimum Gasteiger partial charge on any atom is -0.493 e. The predicted molar refractivity (Wildman–Crippen MR) is 86.5 cm³/mol. The van der Waals surface area contributed by atoms with Gasteiger partial charge in [0.05, 0.1) is 19.1 Å². The third kappa shape index (κ3) is 3.79. The standard InChI is InChI=1S/C17H21NO7/c1-22-12-8-11(9-13-15(12)25-7-6-24-13)16(21)18-17(10-14(19)20)2-4-23-5-3-17/h8-9H,2-7,10H2,1H3,(H,18,21)(H,19,20). The Morgan fingerprint density at radius 1 is 1.20 bits per heavy atom. The van der Waals surface area contributed by atoms with Gasteiger partial charge in [0.15, 0.2) is 11.5 Å². The predicted octanol–water partition coefficient (Wildman–Crippen LogP) is 1.22. The van der Waals surface area contributed by atoms with E-state index >= 15 is 0 Å². The maximum atomic E-state index is 12.8. The molecule has 0 unspecified atom stereocenters. The zero-order chi connectivity index (χ0) is 17.9.